The van der Waals surface area contributed by atoms with Crippen LogP contribution in [0, 0.1) is 6.92 Å². The molecule has 1 unspecified atom stereocenters. The average molecular weight is 388 g/mol. The predicted octanol–water partition coefficient (Wildman–Crippen LogP) is 5.54. The van der Waals surface area contributed by atoms with Crippen LogP contribution in [0.3, 0.4) is 0 Å². The van der Waals surface area contributed by atoms with Crippen molar-refractivity contribution in [3.8, 4) is 11.4 Å². The number of nitrogens with one attached hydrogen (secondary N) is 1. The molecule has 0 saturated heterocycles. The van der Waals surface area contributed by atoms with Gasteiger partial charge in [0.15, 0.2) is 0 Å². The minimum atomic E-state index is 0.297. The van der Waals surface area contributed by atoms with Gasteiger partial charge in [-0.2, -0.15) is 4.98 Å². The molecular weight excluding hydrogens is 369 g/mol. The molecule has 1 aliphatic carbocycles. The fourth-order valence-corrected chi connectivity index (χ4v) is 4.08. The van der Waals surface area contributed by atoms with E-state index in [0.29, 0.717) is 33.7 Å². The number of hydrogen-bond donors (Lipinski definition) is 1. The molecule has 3 aromatic rings. The van der Waals surface area contributed by atoms with Gasteiger partial charge in [0.25, 0.3) is 0 Å². The molecule has 0 aliphatic heterocycles. The van der Waals surface area contributed by atoms with Crippen LogP contribution in [0.2, 0.25) is 10.0 Å². The van der Waals surface area contributed by atoms with Crippen molar-refractivity contribution in [2.24, 2.45) is 0 Å². The first-order valence-electron chi connectivity index (χ1n) is 8.63. The Morgan fingerprint density at radius 2 is 1.88 bits per heavy atom. The number of aromatic nitrogens is 2. The van der Waals surface area contributed by atoms with Crippen molar-refractivity contribution in [1.82, 2.24) is 15.5 Å². The Kier molecular flexibility index (Phi) is 4.74. The van der Waals surface area contributed by atoms with E-state index in [-0.39, 0.29) is 0 Å². The van der Waals surface area contributed by atoms with Crippen molar-refractivity contribution in [2.45, 2.75) is 31.7 Å². The summed E-state index contributed by atoms with van der Waals surface area (Å²) in [6, 6.07) is 12.6. The van der Waals surface area contributed by atoms with Gasteiger partial charge in [0, 0.05) is 24.4 Å². The van der Waals surface area contributed by atoms with Gasteiger partial charge in [-0.05, 0) is 54.8 Å². The molecule has 6 heteroatoms. The van der Waals surface area contributed by atoms with E-state index in [2.05, 4.69) is 39.7 Å². The lowest BCUT2D eigenvalue weighted by Gasteiger charge is -2.32. The summed E-state index contributed by atoms with van der Waals surface area (Å²) in [4.78, 5) is 4.35. The Morgan fingerprint density at radius 1 is 1.04 bits per heavy atom. The number of fused-ring (bicyclic) bond motifs is 1. The summed E-state index contributed by atoms with van der Waals surface area (Å²) in [6.45, 7) is 1.80. The van der Waals surface area contributed by atoms with Crippen LogP contribution in [0.1, 0.15) is 47.4 Å². The Balaban J connectivity index is 1.79. The van der Waals surface area contributed by atoms with Crippen molar-refractivity contribution in [3.05, 3.63) is 69.0 Å². The van der Waals surface area contributed by atoms with Gasteiger partial charge in [0.2, 0.25) is 11.7 Å². The first kappa shape index (κ1) is 17.5. The molecule has 1 N–H and O–H groups in total. The summed E-state index contributed by atoms with van der Waals surface area (Å²) in [5.41, 5.74) is 4.74. The minimum Gasteiger partial charge on any atom is -0.339 e. The maximum Gasteiger partial charge on any atom is 0.223 e. The number of nitrogens with zero attached hydrogens (tertiary/aromatic N) is 2. The van der Waals surface area contributed by atoms with Gasteiger partial charge in [-0.3, -0.25) is 0 Å². The summed E-state index contributed by atoms with van der Waals surface area (Å²) >= 11 is 12.3. The molecule has 2 aromatic carbocycles. The van der Waals surface area contributed by atoms with Gasteiger partial charge >= 0.3 is 0 Å². The second-order valence-electron chi connectivity index (χ2n) is 6.63. The summed E-state index contributed by atoms with van der Waals surface area (Å²) in [5, 5.41) is 8.65. The van der Waals surface area contributed by atoms with E-state index in [1.165, 1.54) is 16.7 Å². The van der Waals surface area contributed by atoms with E-state index in [0.717, 1.165) is 18.4 Å². The molecule has 26 heavy (non-hydrogen) atoms. The summed E-state index contributed by atoms with van der Waals surface area (Å²) < 4.78 is 5.13. The van der Waals surface area contributed by atoms with Gasteiger partial charge in [0.05, 0.1) is 10.0 Å². The molecule has 4 rings (SSSR count). The normalized spacial score (nSPS) is 19.4. The third-order valence-corrected chi connectivity index (χ3v) is 5.80. The fourth-order valence-electron chi connectivity index (χ4n) is 3.77. The zero-order chi connectivity index (χ0) is 18.3. The lowest BCUT2D eigenvalue weighted by molar-refractivity contribution is 0.394. The first-order chi connectivity index (χ1) is 12.6. The van der Waals surface area contributed by atoms with E-state index in [1.807, 2.05) is 19.2 Å². The van der Waals surface area contributed by atoms with Crippen LogP contribution in [0.25, 0.3) is 11.4 Å². The molecule has 0 fully saturated rings. The van der Waals surface area contributed by atoms with Gasteiger partial charge in [-0.25, -0.2) is 0 Å². The zero-order valence-electron chi connectivity index (χ0n) is 14.6. The van der Waals surface area contributed by atoms with E-state index in [9.17, 15) is 0 Å². The standard InChI is InChI=1S/C20H19Cl2N3O/c1-11-24-20(25-26-11)13-3-5-15-14(6-8-19(23-2)16(15)9-13)12-4-7-17(21)18(22)10-12/h3-5,7,9-10,14,19,23H,6,8H2,1-2H3/t14?,19-/m0/s1. The van der Waals surface area contributed by atoms with Gasteiger partial charge < -0.3 is 9.84 Å². The molecule has 0 amide bonds. The molecule has 1 heterocycles. The summed E-state index contributed by atoms with van der Waals surface area (Å²) in [6.07, 6.45) is 2.10. The number of rotatable bonds is 3. The molecule has 2 atom stereocenters. The highest BCUT2D eigenvalue weighted by Gasteiger charge is 2.28. The molecule has 0 saturated carbocycles. The van der Waals surface area contributed by atoms with E-state index in [1.54, 1.807) is 6.92 Å². The largest absolute Gasteiger partial charge is 0.339 e. The Hall–Kier alpha value is -1.88. The van der Waals surface area contributed by atoms with Crippen LogP contribution in [-0.2, 0) is 0 Å². The van der Waals surface area contributed by atoms with Gasteiger partial charge in [0.1, 0.15) is 0 Å². The van der Waals surface area contributed by atoms with E-state index < -0.39 is 0 Å². The Bertz CT molecular complexity index is 954. The maximum absolute atomic E-state index is 6.25. The summed E-state index contributed by atoms with van der Waals surface area (Å²) in [5.74, 6) is 1.49. The van der Waals surface area contributed by atoms with Crippen molar-refractivity contribution < 1.29 is 4.52 Å². The molecule has 4 nitrogen and oxygen atoms in total. The Morgan fingerprint density at radius 3 is 2.58 bits per heavy atom. The number of hydrogen-bond acceptors (Lipinski definition) is 4. The van der Waals surface area contributed by atoms with Gasteiger partial charge in [-0.1, -0.05) is 46.6 Å². The van der Waals surface area contributed by atoms with Crippen LogP contribution >= 0.6 is 23.2 Å². The third-order valence-electron chi connectivity index (χ3n) is 5.06. The molecular formula is C20H19Cl2N3O. The number of benzene rings is 2. The SMILES string of the molecule is CN[C@H]1CCC(c2ccc(Cl)c(Cl)c2)c2ccc(-c3noc(C)n3)cc21. The van der Waals surface area contributed by atoms with Crippen LogP contribution < -0.4 is 5.32 Å². The molecule has 1 aromatic heterocycles. The zero-order valence-corrected chi connectivity index (χ0v) is 16.1. The summed E-state index contributed by atoms with van der Waals surface area (Å²) in [7, 11) is 2.00. The monoisotopic (exact) mass is 387 g/mol. The topological polar surface area (TPSA) is 51.0 Å². The first-order valence-corrected chi connectivity index (χ1v) is 9.39. The van der Waals surface area contributed by atoms with Crippen molar-refractivity contribution >= 4 is 23.2 Å². The number of aryl methyl sites for hydroxylation is 1. The molecule has 0 spiro atoms. The third kappa shape index (κ3) is 3.13. The highest BCUT2D eigenvalue weighted by Crippen LogP contribution is 2.43. The van der Waals surface area contributed by atoms with Crippen LogP contribution in [-0.4, -0.2) is 17.2 Å². The second-order valence-corrected chi connectivity index (χ2v) is 7.44. The van der Waals surface area contributed by atoms with Crippen molar-refractivity contribution in [2.75, 3.05) is 7.05 Å². The molecule has 1 aliphatic rings. The highest BCUT2D eigenvalue weighted by molar-refractivity contribution is 6.42. The molecule has 0 radical (unpaired) electrons. The molecule has 134 valence electrons. The molecule has 0 bridgehead atoms. The van der Waals surface area contributed by atoms with Crippen LogP contribution in [0.15, 0.2) is 40.9 Å². The lowest BCUT2D eigenvalue weighted by Crippen LogP contribution is -2.24. The number of halogens is 2. The quantitative estimate of drug-likeness (QED) is 0.640. The van der Waals surface area contributed by atoms with Crippen LogP contribution in [0.5, 0.6) is 0 Å². The predicted molar refractivity (Wildman–Crippen MR) is 104 cm³/mol. The second kappa shape index (κ2) is 7.03. The minimum absolute atomic E-state index is 0.297. The van der Waals surface area contributed by atoms with Crippen LogP contribution in [0.4, 0.5) is 0 Å². The Labute approximate surface area is 162 Å². The van der Waals surface area contributed by atoms with Crippen molar-refractivity contribution in [1.29, 1.82) is 0 Å². The average Bonchev–Trinajstić information content (AvgIpc) is 3.09. The fraction of sp³-hybridized carbons (Fsp3) is 0.300. The maximum atomic E-state index is 6.25. The van der Waals surface area contributed by atoms with E-state index in [4.69, 9.17) is 27.7 Å². The smallest absolute Gasteiger partial charge is 0.223 e. The van der Waals surface area contributed by atoms with E-state index >= 15 is 0 Å². The lowest BCUT2D eigenvalue weighted by atomic mass is 9.76. The highest BCUT2D eigenvalue weighted by atomic mass is 35.5. The van der Waals surface area contributed by atoms with Crippen molar-refractivity contribution in [3.63, 3.8) is 0 Å². The van der Waals surface area contributed by atoms with Gasteiger partial charge in [-0.15, -0.1) is 0 Å².